The van der Waals surface area contributed by atoms with E-state index >= 15 is 0 Å². The summed E-state index contributed by atoms with van der Waals surface area (Å²) in [5, 5.41) is 0. The number of hydrogen-bond donors (Lipinski definition) is 1. The predicted molar refractivity (Wildman–Crippen MR) is 340 cm³/mol. The average Bonchev–Trinajstić information content (AvgIpc) is 3.41. The number of allylic oxidation sites excluding steroid dienone is 8. The van der Waals surface area contributed by atoms with E-state index in [1.165, 1.54) is 225 Å². The van der Waals surface area contributed by atoms with Crippen molar-refractivity contribution < 1.29 is 42.1 Å². The van der Waals surface area contributed by atoms with Gasteiger partial charge >= 0.3 is 19.8 Å². The molecule has 0 aliphatic carbocycles. The number of phosphoric ester groups is 1. The van der Waals surface area contributed by atoms with E-state index in [1.54, 1.807) is 0 Å². The first-order valence-corrected chi connectivity index (χ1v) is 35.4. The SMILES string of the molecule is CC/C=C\C/C=C\C/C=C\C/C=C\CCCCCCC(=O)OC(COC(=O)CCCCCCCCCCCCCCCCCCCCCCCCCCCCCCCCCCCCCCCC)COP(=O)(O)OCC[N+](C)(C)C. The molecule has 0 aromatic rings. The smallest absolute Gasteiger partial charge is 0.462 e. The van der Waals surface area contributed by atoms with E-state index in [4.69, 9.17) is 18.5 Å². The Hall–Kier alpha value is -2.03. The van der Waals surface area contributed by atoms with Crippen LogP contribution in [0.3, 0.4) is 0 Å². The molecule has 0 bridgehead atoms. The van der Waals surface area contributed by atoms with Gasteiger partial charge in [-0.05, 0) is 51.4 Å². The molecule has 0 amide bonds. The van der Waals surface area contributed by atoms with Gasteiger partial charge in [-0.1, -0.05) is 313 Å². The minimum absolute atomic E-state index is 0.0266. The summed E-state index contributed by atoms with van der Waals surface area (Å²) < 4.78 is 34.6. The van der Waals surface area contributed by atoms with Crippen molar-refractivity contribution in [3.05, 3.63) is 48.6 Å². The van der Waals surface area contributed by atoms with Gasteiger partial charge < -0.3 is 18.9 Å². The zero-order valence-corrected chi connectivity index (χ0v) is 53.8. The minimum atomic E-state index is -4.39. The second-order valence-corrected chi connectivity index (χ2v) is 25.6. The number of rotatable bonds is 63. The second kappa shape index (κ2) is 60.6. The number of carbonyl (C=O) groups is 2. The molecule has 0 spiro atoms. The van der Waals surface area contributed by atoms with Crippen molar-refractivity contribution in [2.45, 2.75) is 335 Å². The van der Waals surface area contributed by atoms with E-state index in [1.807, 2.05) is 21.1 Å². The third kappa shape index (κ3) is 65.0. The van der Waals surface area contributed by atoms with E-state index in [0.717, 1.165) is 70.6 Å². The van der Waals surface area contributed by atoms with Crippen molar-refractivity contribution in [1.29, 1.82) is 0 Å². The number of carbonyl (C=O) groups excluding carboxylic acids is 2. The van der Waals surface area contributed by atoms with Crippen LogP contribution in [0, 0.1) is 0 Å². The molecule has 2 atom stereocenters. The summed E-state index contributed by atoms with van der Waals surface area (Å²) in [5.41, 5.74) is 0. The maximum absolute atomic E-state index is 12.8. The highest BCUT2D eigenvalue weighted by Gasteiger charge is 2.27. The van der Waals surface area contributed by atoms with E-state index in [0.29, 0.717) is 17.4 Å². The monoisotopic (exact) mass is 1130 g/mol. The summed E-state index contributed by atoms with van der Waals surface area (Å²) in [6.07, 6.45) is 78.2. The molecular weight excluding hydrogens is 1000 g/mol. The van der Waals surface area contributed by atoms with Gasteiger partial charge in [-0.2, -0.15) is 0 Å². The third-order valence-corrected chi connectivity index (χ3v) is 16.1. The highest BCUT2D eigenvalue weighted by atomic mass is 31.2. The van der Waals surface area contributed by atoms with Crippen LogP contribution in [-0.4, -0.2) is 74.9 Å². The molecule has 464 valence electrons. The van der Waals surface area contributed by atoms with Gasteiger partial charge in [-0.3, -0.25) is 18.6 Å². The Kier molecular flexibility index (Phi) is 59.0. The third-order valence-electron chi connectivity index (χ3n) is 15.1. The summed E-state index contributed by atoms with van der Waals surface area (Å²) >= 11 is 0. The second-order valence-electron chi connectivity index (χ2n) is 24.2. The summed E-state index contributed by atoms with van der Waals surface area (Å²) in [6.45, 7) is 4.33. The summed E-state index contributed by atoms with van der Waals surface area (Å²) in [7, 11) is 1.47. The van der Waals surface area contributed by atoms with Crippen molar-refractivity contribution in [2.24, 2.45) is 0 Å². The Morgan fingerprint density at radius 1 is 0.405 bits per heavy atom. The van der Waals surface area contributed by atoms with Gasteiger partial charge in [-0.15, -0.1) is 0 Å². The molecule has 0 rings (SSSR count). The van der Waals surface area contributed by atoms with E-state index in [-0.39, 0.29) is 32.0 Å². The van der Waals surface area contributed by atoms with Crippen molar-refractivity contribution >= 4 is 19.8 Å². The number of phosphoric acid groups is 1. The summed E-state index contributed by atoms with van der Waals surface area (Å²) in [5.74, 6) is -0.814. The maximum Gasteiger partial charge on any atom is 0.472 e. The van der Waals surface area contributed by atoms with Crippen LogP contribution in [0.1, 0.15) is 328 Å². The molecule has 0 heterocycles. The average molecular weight is 1130 g/mol. The van der Waals surface area contributed by atoms with Crippen LogP contribution in [0.15, 0.2) is 48.6 Å². The Bertz CT molecular complexity index is 1470. The molecule has 0 saturated heterocycles. The summed E-state index contributed by atoms with van der Waals surface area (Å²) in [6, 6.07) is 0. The van der Waals surface area contributed by atoms with Crippen LogP contribution >= 0.6 is 7.82 Å². The Labute approximate surface area is 490 Å². The molecule has 0 saturated carbocycles. The van der Waals surface area contributed by atoms with Gasteiger partial charge in [0.2, 0.25) is 0 Å². The van der Waals surface area contributed by atoms with Crippen molar-refractivity contribution in [3.8, 4) is 0 Å². The molecule has 9 nitrogen and oxygen atoms in total. The zero-order chi connectivity index (χ0) is 57.7. The number of nitrogens with zero attached hydrogens (tertiary/aromatic N) is 1. The lowest BCUT2D eigenvalue weighted by atomic mass is 10.0. The predicted octanol–water partition coefficient (Wildman–Crippen LogP) is 21.7. The van der Waals surface area contributed by atoms with Crippen molar-refractivity contribution in [3.63, 3.8) is 0 Å². The molecule has 2 unspecified atom stereocenters. The molecule has 79 heavy (non-hydrogen) atoms. The van der Waals surface area contributed by atoms with Gasteiger partial charge in [0.15, 0.2) is 6.10 Å². The first-order valence-electron chi connectivity index (χ1n) is 33.9. The lowest BCUT2D eigenvalue weighted by Crippen LogP contribution is -2.37. The zero-order valence-electron chi connectivity index (χ0n) is 52.9. The fourth-order valence-corrected chi connectivity index (χ4v) is 10.7. The number of likely N-dealkylation sites (N-methyl/N-ethyl adjacent to an activating group) is 1. The highest BCUT2D eigenvalue weighted by Crippen LogP contribution is 2.43. The number of hydrogen-bond acceptors (Lipinski definition) is 7. The number of quaternary nitrogens is 1. The van der Waals surface area contributed by atoms with Crippen LogP contribution in [0.4, 0.5) is 0 Å². The van der Waals surface area contributed by atoms with E-state index < -0.39 is 26.5 Å². The Morgan fingerprint density at radius 3 is 1.08 bits per heavy atom. The fraction of sp³-hybridized carbons (Fsp3) is 0.855. The molecule has 0 aromatic carbocycles. The number of ether oxygens (including phenoxy) is 2. The Balaban J connectivity index is 3.89. The molecule has 0 aliphatic rings. The topological polar surface area (TPSA) is 108 Å². The lowest BCUT2D eigenvalue weighted by molar-refractivity contribution is -0.870. The molecule has 1 N–H and O–H groups in total. The summed E-state index contributed by atoms with van der Waals surface area (Å²) in [4.78, 5) is 35.7. The number of esters is 2. The van der Waals surface area contributed by atoms with Crippen molar-refractivity contribution in [2.75, 3.05) is 47.5 Å². The van der Waals surface area contributed by atoms with Crippen LogP contribution in [0.25, 0.3) is 0 Å². The number of unbranched alkanes of at least 4 members (excludes halogenated alkanes) is 41. The quantitative estimate of drug-likeness (QED) is 0.0211. The van der Waals surface area contributed by atoms with Crippen LogP contribution in [0.2, 0.25) is 0 Å². The van der Waals surface area contributed by atoms with E-state index in [2.05, 4.69) is 62.5 Å². The van der Waals surface area contributed by atoms with Gasteiger partial charge in [-0.25, -0.2) is 4.57 Å². The van der Waals surface area contributed by atoms with Gasteiger partial charge in [0.1, 0.15) is 19.8 Å². The van der Waals surface area contributed by atoms with E-state index in [9.17, 15) is 19.0 Å². The molecule has 0 aromatic heterocycles. The van der Waals surface area contributed by atoms with Gasteiger partial charge in [0.05, 0.1) is 27.7 Å². The molecule has 0 fully saturated rings. The largest absolute Gasteiger partial charge is 0.472 e. The standard InChI is InChI=1S/C69H130NO8P/c1-6-8-10-12-14-16-18-20-22-24-25-26-27-28-29-30-31-32-33-34-35-36-37-38-39-40-41-42-43-44-46-47-49-51-53-55-57-59-61-68(71)75-65-67(66-77-79(73,74)76-64-63-70(3,4)5)78-69(72)62-60-58-56-54-52-50-48-45-23-21-19-17-15-13-11-9-7-2/h9,11,15,17,21,23,48,50,67H,6-8,10,12-14,16,18-20,22,24-47,49,51-66H2,1-5H3/p+1/b11-9-,17-15-,23-21-,50-48-. The van der Waals surface area contributed by atoms with Gasteiger partial charge in [0.25, 0.3) is 0 Å². The first-order chi connectivity index (χ1) is 38.5. The Morgan fingerprint density at radius 2 is 0.722 bits per heavy atom. The van der Waals surface area contributed by atoms with Crippen LogP contribution in [-0.2, 0) is 32.7 Å². The molecular formula is C69H131NO8P+. The lowest BCUT2D eigenvalue weighted by Gasteiger charge is -2.24. The van der Waals surface area contributed by atoms with Crippen molar-refractivity contribution in [1.82, 2.24) is 0 Å². The van der Waals surface area contributed by atoms with Gasteiger partial charge in [0, 0.05) is 12.8 Å². The van der Waals surface area contributed by atoms with Crippen LogP contribution in [0.5, 0.6) is 0 Å². The molecule has 10 heteroatoms. The maximum atomic E-state index is 12.8. The fourth-order valence-electron chi connectivity index (χ4n) is 9.95. The first kappa shape index (κ1) is 77.0. The molecule has 0 radical (unpaired) electrons. The molecule has 0 aliphatic heterocycles. The van der Waals surface area contributed by atoms with Crippen LogP contribution < -0.4 is 0 Å². The highest BCUT2D eigenvalue weighted by molar-refractivity contribution is 7.47. The minimum Gasteiger partial charge on any atom is -0.462 e. The normalized spacial score (nSPS) is 13.4.